The Bertz CT molecular complexity index is 542. The first-order chi connectivity index (χ1) is 8.90. The summed E-state index contributed by atoms with van der Waals surface area (Å²) in [4.78, 5) is 11.7. The Kier molecular flexibility index (Phi) is 5.46. The van der Waals surface area contributed by atoms with Gasteiger partial charge in [-0.25, -0.2) is 13.1 Å². The fraction of sp³-hybridized carbons (Fsp3) is 0.417. The van der Waals surface area contributed by atoms with Crippen molar-refractivity contribution in [2.24, 2.45) is 0 Å². The van der Waals surface area contributed by atoms with Gasteiger partial charge in [-0.1, -0.05) is 12.1 Å². The molecule has 1 atom stereocenters. The topological polar surface area (TPSA) is 84.5 Å². The van der Waals surface area contributed by atoms with Crippen LogP contribution in [0.25, 0.3) is 0 Å². The molecule has 1 rings (SSSR count). The first-order valence-electron chi connectivity index (χ1n) is 5.73. The second kappa shape index (κ2) is 6.65. The maximum Gasteiger partial charge on any atom is 0.249 e. The molecule has 0 heterocycles. The molecule has 1 aromatic carbocycles. The number of rotatable bonds is 6. The minimum Gasteiger partial charge on any atom is -0.372 e. The van der Waals surface area contributed by atoms with Crippen molar-refractivity contribution in [2.75, 3.05) is 14.2 Å². The predicted molar refractivity (Wildman–Crippen MR) is 71.0 cm³/mol. The van der Waals surface area contributed by atoms with Gasteiger partial charge in [0.05, 0.1) is 4.90 Å². The molecule has 6 nitrogen and oxygen atoms in total. The van der Waals surface area contributed by atoms with Gasteiger partial charge < -0.3 is 10.1 Å². The van der Waals surface area contributed by atoms with Crippen LogP contribution in [0, 0.1) is 0 Å². The van der Waals surface area contributed by atoms with Crippen molar-refractivity contribution in [3.8, 4) is 0 Å². The molecule has 19 heavy (non-hydrogen) atoms. The van der Waals surface area contributed by atoms with E-state index in [1.165, 1.54) is 26.3 Å². The van der Waals surface area contributed by atoms with Crippen molar-refractivity contribution in [1.29, 1.82) is 0 Å². The Morgan fingerprint density at radius 3 is 2.68 bits per heavy atom. The Balaban J connectivity index is 2.76. The van der Waals surface area contributed by atoms with Crippen LogP contribution in [-0.4, -0.2) is 34.6 Å². The Hall–Kier alpha value is -1.44. The summed E-state index contributed by atoms with van der Waals surface area (Å²) in [5, 5.41) is 2.67. The number of ether oxygens (including phenoxy) is 1. The Labute approximate surface area is 113 Å². The third kappa shape index (κ3) is 4.30. The van der Waals surface area contributed by atoms with Gasteiger partial charge in [0.25, 0.3) is 0 Å². The van der Waals surface area contributed by atoms with E-state index in [1.807, 2.05) is 0 Å². The molecular formula is C12H18N2O4S. The van der Waals surface area contributed by atoms with Crippen molar-refractivity contribution in [3.63, 3.8) is 0 Å². The second-order valence-corrected chi connectivity index (χ2v) is 5.84. The highest BCUT2D eigenvalue weighted by molar-refractivity contribution is 7.89. The quantitative estimate of drug-likeness (QED) is 0.785. The Morgan fingerprint density at radius 1 is 1.42 bits per heavy atom. The molecule has 0 aliphatic rings. The molecule has 1 unspecified atom stereocenters. The summed E-state index contributed by atoms with van der Waals surface area (Å²) in [7, 11) is -0.668. The molecule has 7 heteroatoms. The lowest BCUT2D eigenvalue weighted by Gasteiger charge is -2.11. The number of hydrogen-bond donors (Lipinski definition) is 2. The SMILES string of the molecule is CNS(=O)(=O)c1cccc(CNC(=O)C(C)OC)c1. The van der Waals surface area contributed by atoms with Crippen LogP contribution in [0.4, 0.5) is 0 Å². The Morgan fingerprint density at radius 2 is 2.11 bits per heavy atom. The number of benzene rings is 1. The molecule has 0 aromatic heterocycles. The van der Waals surface area contributed by atoms with Crippen LogP contribution in [0.1, 0.15) is 12.5 Å². The molecule has 1 amide bonds. The molecular weight excluding hydrogens is 268 g/mol. The number of carbonyl (C=O) groups excluding carboxylic acids is 1. The molecule has 0 aliphatic carbocycles. The van der Waals surface area contributed by atoms with Gasteiger partial charge in [-0.3, -0.25) is 4.79 Å². The normalized spacial score (nSPS) is 13.0. The summed E-state index contributed by atoms with van der Waals surface area (Å²) in [5.74, 6) is -0.246. The fourth-order valence-electron chi connectivity index (χ4n) is 1.38. The number of hydrogen-bond acceptors (Lipinski definition) is 4. The van der Waals surface area contributed by atoms with Crippen LogP contribution in [0.15, 0.2) is 29.2 Å². The van der Waals surface area contributed by atoms with Gasteiger partial charge in [0.1, 0.15) is 6.10 Å². The third-order valence-corrected chi connectivity index (χ3v) is 4.08. The number of carbonyl (C=O) groups is 1. The fourth-order valence-corrected chi connectivity index (χ4v) is 2.18. The molecule has 0 bridgehead atoms. The highest BCUT2D eigenvalue weighted by atomic mass is 32.2. The van der Waals surface area contributed by atoms with E-state index in [4.69, 9.17) is 4.74 Å². The average Bonchev–Trinajstić information content (AvgIpc) is 2.44. The molecule has 0 radical (unpaired) electrons. The summed E-state index contributed by atoms with van der Waals surface area (Å²) >= 11 is 0. The van der Waals surface area contributed by atoms with E-state index in [0.29, 0.717) is 5.56 Å². The van der Waals surface area contributed by atoms with Crippen LogP contribution in [0.5, 0.6) is 0 Å². The lowest BCUT2D eigenvalue weighted by atomic mass is 10.2. The predicted octanol–water partition coefficient (Wildman–Crippen LogP) is 0.246. The van der Waals surface area contributed by atoms with E-state index in [2.05, 4.69) is 10.0 Å². The zero-order valence-electron chi connectivity index (χ0n) is 11.1. The van der Waals surface area contributed by atoms with Crippen molar-refractivity contribution in [2.45, 2.75) is 24.5 Å². The van der Waals surface area contributed by atoms with E-state index in [0.717, 1.165) is 0 Å². The average molecular weight is 286 g/mol. The maximum atomic E-state index is 11.6. The van der Waals surface area contributed by atoms with Crippen LogP contribution >= 0.6 is 0 Å². The number of sulfonamides is 1. The van der Waals surface area contributed by atoms with Crippen LogP contribution in [0.3, 0.4) is 0 Å². The highest BCUT2D eigenvalue weighted by Crippen LogP contribution is 2.11. The van der Waals surface area contributed by atoms with E-state index in [-0.39, 0.29) is 17.3 Å². The third-order valence-electron chi connectivity index (χ3n) is 2.67. The molecule has 0 saturated heterocycles. The smallest absolute Gasteiger partial charge is 0.249 e. The van der Waals surface area contributed by atoms with Gasteiger partial charge in [-0.15, -0.1) is 0 Å². The van der Waals surface area contributed by atoms with E-state index in [1.54, 1.807) is 19.1 Å². The summed E-state index contributed by atoms with van der Waals surface area (Å²) in [6, 6.07) is 6.39. The van der Waals surface area contributed by atoms with Gasteiger partial charge in [0.15, 0.2) is 0 Å². The molecule has 106 valence electrons. The first-order valence-corrected chi connectivity index (χ1v) is 7.22. The van der Waals surface area contributed by atoms with Crippen LogP contribution < -0.4 is 10.0 Å². The molecule has 2 N–H and O–H groups in total. The van der Waals surface area contributed by atoms with Crippen molar-refractivity contribution in [1.82, 2.24) is 10.0 Å². The molecule has 0 aliphatic heterocycles. The van der Waals surface area contributed by atoms with Crippen molar-refractivity contribution in [3.05, 3.63) is 29.8 Å². The minimum absolute atomic E-state index is 0.168. The highest BCUT2D eigenvalue weighted by Gasteiger charge is 2.13. The van der Waals surface area contributed by atoms with Gasteiger partial charge >= 0.3 is 0 Å². The van der Waals surface area contributed by atoms with Crippen LogP contribution in [0.2, 0.25) is 0 Å². The van der Waals surface area contributed by atoms with Crippen LogP contribution in [-0.2, 0) is 26.1 Å². The number of nitrogens with one attached hydrogen (secondary N) is 2. The van der Waals surface area contributed by atoms with Gasteiger partial charge in [0, 0.05) is 13.7 Å². The number of amides is 1. The van der Waals surface area contributed by atoms with Crippen molar-refractivity contribution >= 4 is 15.9 Å². The monoisotopic (exact) mass is 286 g/mol. The lowest BCUT2D eigenvalue weighted by molar-refractivity contribution is -0.130. The molecule has 1 aromatic rings. The second-order valence-electron chi connectivity index (χ2n) is 3.95. The van der Waals surface area contributed by atoms with E-state index < -0.39 is 16.1 Å². The summed E-state index contributed by atoms with van der Waals surface area (Å²) in [6.45, 7) is 1.89. The summed E-state index contributed by atoms with van der Waals surface area (Å²) < 4.78 is 30.4. The molecule has 0 fully saturated rings. The van der Waals surface area contributed by atoms with Gasteiger partial charge in [-0.2, -0.15) is 0 Å². The number of methoxy groups -OCH3 is 1. The summed E-state index contributed by atoms with van der Waals surface area (Å²) in [5.41, 5.74) is 0.702. The maximum absolute atomic E-state index is 11.6. The van der Waals surface area contributed by atoms with E-state index in [9.17, 15) is 13.2 Å². The minimum atomic E-state index is -3.47. The lowest BCUT2D eigenvalue weighted by Crippen LogP contribution is -2.33. The molecule has 0 spiro atoms. The zero-order chi connectivity index (χ0) is 14.5. The van der Waals surface area contributed by atoms with E-state index >= 15 is 0 Å². The standard InChI is InChI=1S/C12H18N2O4S/c1-9(18-3)12(15)14-8-10-5-4-6-11(7-10)19(16,17)13-2/h4-7,9,13H,8H2,1-3H3,(H,14,15). The van der Waals surface area contributed by atoms with Gasteiger partial charge in [-0.05, 0) is 31.7 Å². The first kappa shape index (κ1) is 15.6. The summed E-state index contributed by atoms with van der Waals surface area (Å²) in [6.07, 6.45) is -0.538. The largest absolute Gasteiger partial charge is 0.372 e. The molecule has 0 saturated carbocycles. The van der Waals surface area contributed by atoms with Crippen molar-refractivity contribution < 1.29 is 17.9 Å². The zero-order valence-corrected chi connectivity index (χ0v) is 12.0. The van der Waals surface area contributed by atoms with Gasteiger partial charge in [0.2, 0.25) is 15.9 Å².